The highest BCUT2D eigenvalue weighted by atomic mass is 19.1. The van der Waals surface area contributed by atoms with Crippen molar-refractivity contribution in [3.05, 3.63) is 35.9 Å². The van der Waals surface area contributed by atoms with Crippen LogP contribution in [0.5, 0.6) is 0 Å². The number of halogens is 1. The number of hydrogen-bond acceptors (Lipinski definition) is 3. The van der Waals surface area contributed by atoms with Gasteiger partial charge < -0.3 is 15.5 Å². The number of carboxylic acids is 2. The van der Waals surface area contributed by atoms with E-state index in [-0.39, 0.29) is 6.54 Å². The van der Waals surface area contributed by atoms with Crippen molar-refractivity contribution in [2.75, 3.05) is 6.54 Å². The third-order valence-corrected chi connectivity index (χ3v) is 3.67. The number of carboxylic acid groups (broad SMARTS) is 2. The second-order valence-corrected chi connectivity index (χ2v) is 5.29. The van der Waals surface area contributed by atoms with Gasteiger partial charge in [0.2, 0.25) is 0 Å². The standard InChI is InChI=1S/C14H16FNO4/c15-13(7-14(8-13,11(17)18)12(19)20)9-16-6-10-4-2-1-3-5-10/h1-5,16H,6-9H2,(H,17,18)(H,19,20). The van der Waals surface area contributed by atoms with Gasteiger partial charge in [-0.2, -0.15) is 0 Å². The van der Waals surface area contributed by atoms with E-state index in [2.05, 4.69) is 5.32 Å². The number of hydrogen-bond donors (Lipinski definition) is 3. The third kappa shape index (κ3) is 2.65. The Labute approximate surface area is 115 Å². The quantitative estimate of drug-likeness (QED) is 0.687. The van der Waals surface area contributed by atoms with Gasteiger partial charge in [-0.3, -0.25) is 9.59 Å². The highest BCUT2D eigenvalue weighted by Gasteiger charge is 2.64. The molecule has 1 fully saturated rings. The molecule has 2 rings (SSSR count). The van der Waals surface area contributed by atoms with Crippen LogP contribution in [0.1, 0.15) is 18.4 Å². The Bertz CT molecular complexity index is 495. The molecule has 108 valence electrons. The first kappa shape index (κ1) is 14.5. The van der Waals surface area contributed by atoms with Crippen LogP contribution in [0.4, 0.5) is 4.39 Å². The Balaban J connectivity index is 1.86. The molecule has 6 heteroatoms. The molecule has 1 aliphatic carbocycles. The molecule has 0 aliphatic heterocycles. The van der Waals surface area contributed by atoms with E-state index in [1.165, 1.54) is 0 Å². The number of alkyl halides is 1. The second-order valence-electron chi connectivity index (χ2n) is 5.29. The van der Waals surface area contributed by atoms with Gasteiger partial charge in [0.25, 0.3) is 0 Å². The smallest absolute Gasteiger partial charge is 0.321 e. The molecular weight excluding hydrogens is 265 g/mol. The Morgan fingerprint density at radius 2 is 1.70 bits per heavy atom. The van der Waals surface area contributed by atoms with Crippen LogP contribution in [0, 0.1) is 5.41 Å². The number of carbonyl (C=O) groups is 2. The summed E-state index contributed by atoms with van der Waals surface area (Å²) < 4.78 is 14.2. The van der Waals surface area contributed by atoms with Crippen molar-refractivity contribution in [3.63, 3.8) is 0 Å². The minimum atomic E-state index is -1.97. The zero-order valence-electron chi connectivity index (χ0n) is 10.8. The summed E-state index contributed by atoms with van der Waals surface area (Å²) in [6, 6.07) is 9.38. The SMILES string of the molecule is O=C(O)C1(C(=O)O)CC(F)(CNCc2ccccc2)C1. The van der Waals surface area contributed by atoms with Crippen molar-refractivity contribution in [1.82, 2.24) is 5.32 Å². The maximum Gasteiger partial charge on any atom is 0.321 e. The molecule has 0 aromatic heterocycles. The van der Waals surface area contributed by atoms with Crippen LogP contribution in [0.15, 0.2) is 30.3 Å². The first-order chi connectivity index (χ1) is 9.38. The Kier molecular flexibility index (Phi) is 3.76. The molecule has 0 atom stereocenters. The number of aliphatic carboxylic acids is 2. The number of rotatable bonds is 6. The topological polar surface area (TPSA) is 86.6 Å². The molecule has 1 aromatic carbocycles. The van der Waals surface area contributed by atoms with Gasteiger partial charge >= 0.3 is 11.9 Å². The molecule has 1 saturated carbocycles. The summed E-state index contributed by atoms with van der Waals surface area (Å²) in [5.41, 5.74) is -2.76. The number of nitrogens with one attached hydrogen (secondary N) is 1. The first-order valence-corrected chi connectivity index (χ1v) is 6.28. The summed E-state index contributed by atoms with van der Waals surface area (Å²) in [5, 5.41) is 20.7. The molecule has 1 aromatic rings. The van der Waals surface area contributed by atoms with Crippen LogP contribution >= 0.6 is 0 Å². The van der Waals surface area contributed by atoms with Crippen LogP contribution in [0.3, 0.4) is 0 Å². The maximum absolute atomic E-state index is 14.2. The van der Waals surface area contributed by atoms with E-state index >= 15 is 0 Å². The van der Waals surface area contributed by atoms with Crippen LogP contribution in [-0.2, 0) is 16.1 Å². The fourth-order valence-electron chi connectivity index (χ4n) is 2.58. The minimum Gasteiger partial charge on any atom is -0.480 e. The molecule has 0 amide bonds. The van der Waals surface area contributed by atoms with E-state index in [4.69, 9.17) is 10.2 Å². The Morgan fingerprint density at radius 3 is 2.20 bits per heavy atom. The normalized spacial score (nSPS) is 19.1. The van der Waals surface area contributed by atoms with Crippen molar-refractivity contribution >= 4 is 11.9 Å². The average molecular weight is 281 g/mol. The van der Waals surface area contributed by atoms with Gasteiger partial charge in [0.15, 0.2) is 5.41 Å². The highest BCUT2D eigenvalue weighted by molar-refractivity contribution is 5.99. The molecule has 0 heterocycles. The number of benzene rings is 1. The predicted octanol–water partition coefficient (Wildman–Crippen LogP) is 1.43. The Morgan fingerprint density at radius 1 is 1.15 bits per heavy atom. The molecule has 20 heavy (non-hydrogen) atoms. The van der Waals surface area contributed by atoms with Gasteiger partial charge in [-0.15, -0.1) is 0 Å². The molecule has 0 unspecified atom stereocenters. The first-order valence-electron chi connectivity index (χ1n) is 6.28. The van der Waals surface area contributed by atoms with Crippen LogP contribution in [-0.4, -0.2) is 34.4 Å². The molecule has 0 radical (unpaired) electrons. The lowest BCUT2D eigenvalue weighted by atomic mass is 9.60. The lowest BCUT2D eigenvalue weighted by Gasteiger charge is -2.45. The molecule has 0 bridgehead atoms. The molecule has 0 spiro atoms. The fraction of sp³-hybridized carbons (Fsp3) is 0.429. The van der Waals surface area contributed by atoms with Crippen LogP contribution in [0.2, 0.25) is 0 Å². The van der Waals surface area contributed by atoms with E-state index < -0.39 is 35.9 Å². The van der Waals surface area contributed by atoms with Gasteiger partial charge in [-0.1, -0.05) is 30.3 Å². The van der Waals surface area contributed by atoms with Gasteiger partial charge in [-0.25, -0.2) is 4.39 Å². The van der Waals surface area contributed by atoms with Crippen molar-refractivity contribution in [2.45, 2.75) is 25.1 Å². The summed E-state index contributed by atoms with van der Waals surface area (Å²) in [7, 11) is 0. The van der Waals surface area contributed by atoms with Gasteiger partial charge in [0, 0.05) is 25.9 Å². The van der Waals surface area contributed by atoms with E-state index in [1.54, 1.807) is 0 Å². The van der Waals surface area contributed by atoms with Crippen molar-refractivity contribution in [3.8, 4) is 0 Å². The molecule has 0 saturated heterocycles. The monoisotopic (exact) mass is 281 g/mol. The Hall–Kier alpha value is -1.95. The molecule has 3 N–H and O–H groups in total. The average Bonchev–Trinajstić information content (AvgIpc) is 2.36. The molecular formula is C14H16FNO4. The summed E-state index contributed by atoms with van der Waals surface area (Å²) in [6.07, 6.45) is -0.987. The third-order valence-electron chi connectivity index (χ3n) is 3.67. The van der Waals surface area contributed by atoms with Crippen LogP contribution < -0.4 is 5.32 Å². The summed E-state index contributed by atoms with van der Waals surface area (Å²) >= 11 is 0. The van der Waals surface area contributed by atoms with Gasteiger partial charge in [0.1, 0.15) is 5.67 Å². The van der Waals surface area contributed by atoms with E-state index in [1.807, 2.05) is 30.3 Å². The lowest BCUT2D eigenvalue weighted by Crippen LogP contribution is -2.61. The highest BCUT2D eigenvalue weighted by Crippen LogP contribution is 2.51. The fourth-order valence-corrected chi connectivity index (χ4v) is 2.58. The van der Waals surface area contributed by atoms with Crippen molar-refractivity contribution in [1.29, 1.82) is 0 Å². The van der Waals surface area contributed by atoms with Gasteiger partial charge in [0.05, 0.1) is 0 Å². The van der Waals surface area contributed by atoms with Crippen molar-refractivity contribution in [2.24, 2.45) is 5.41 Å². The zero-order chi connectivity index (χ0) is 14.8. The van der Waals surface area contributed by atoms with Gasteiger partial charge in [-0.05, 0) is 5.56 Å². The second kappa shape index (κ2) is 5.20. The predicted molar refractivity (Wildman–Crippen MR) is 68.9 cm³/mol. The largest absolute Gasteiger partial charge is 0.480 e. The summed E-state index contributed by atoms with van der Waals surface area (Å²) in [5.74, 6) is -2.94. The van der Waals surface area contributed by atoms with Crippen LogP contribution in [0.25, 0.3) is 0 Å². The lowest BCUT2D eigenvalue weighted by molar-refractivity contribution is -0.185. The maximum atomic E-state index is 14.2. The molecule has 5 nitrogen and oxygen atoms in total. The van der Waals surface area contributed by atoms with E-state index in [0.717, 1.165) is 5.56 Å². The molecule has 1 aliphatic rings. The minimum absolute atomic E-state index is 0.0514. The van der Waals surface area contributed by atoms with E-state index in [9.17, 15) is 14.0 Å². The van der Waals surface area contributed by atoms with E-state index in [0.29, 0.717) is 6.54 Å². The van der Waals surface area contributed by atoms with Crippen molar-refractivity contribution < 1.29 is 24.2 Å². The summed E-state index contributed by atoms with van der Waals surface area (Å²) in [4.78, 5) is 21.9. The zero-order valence-corrected chi connectivity index (χ0v) is 10.8. The summed E-state index contributed by atoms with van der Waals surface area (Å²) in [6.45, 7) is 0.407.